The Balaban J connectivity index is 4.44. The molecule has 2 atom stereocenters. The fourth-order valence-corrected chi connectivity index (χ4v) is 6.41. The number of nitrogens with zero attached hydrogens (tertiary/aromatic N) is 1. The monoisotopic (exact) mass is 784 g/mol. The zero-order chi connectivity index (χ0) is 40.0. The van der Waals surface area contributed by atoms with E-state index >= 15 is 0 Å². The lowest BCUT2D eigenvalue weighted by Crippen LogP contribution is -2.37. The highest BCUT2D eigenvalue weighted by Gasteiger charge is 2.21. The maximum Gasteiger partial charge on any atom is 0.306 e. The van der Waals surface area contributed by atoms with Gasteiger partial charge in [0.2, 0.25) is 0 Å². The molecule has 0 rings (SSSR count). The number of carbonyl (C=O) groups is 2. The van der Waals surface area contributed by atoms with E-state index in [2.05, 4.69) is 50.3 Å². The highest BCUT2D eigenvalue weighted by molar-refractivity contribution is 7.45. The first kappa shape index (κ1) is 52.2. The molecule has 0 aliphatic heterocycles. The summed E-state index contributed by atoms with van der Waals surface area (Å²) in [7, 11) is 1.14. The van der Waals surface area contributed by atoms with Crippen LogP contribution in [0, 0.1) is 0 Å². The molecule has 0 N–H and O–H groups in total. The molecular formula is C44H82NO8P. The van der Waals surface area contributed by atoms with Crippen molar-refractivity contribution in [2.45, 2.75) is 187 Å². The van der Waals surface area contributed by atoms with Crippen LogP contribution in [-0.4, -0.2) is 70.0 Å². The Morgan fingerprint density at radius 1 is 0.574 bits per heavy atom. The van der Waals surface area contributed by atoms with E-state index < -0.39 is 32.5 Å². The van der Waals surface area contributed by atoms with E-state index in [9.17, 15) is 19.0 Å². The van der Waals surface area contributed by atoms with Gasteiger partial charge in [0.25, 0.3) is 7.82 Å². The maximum absolute atomic E-state index is 12.6. The standard InChI is InChI=1S/C44H82NO8P/c1-6-8-10-12-14-16-18-20-22-24-26-28-30-32-34-36-43(46)50-40-42(41-52-54(48,49)51-39-38-45(3,4)5)53-44(47)37-35-33-31-29-27-25-23-21-19-17-15-13-11-9-7-2/h20-23,27,29,42H,6-19,24-26,28,30-41H2,1-5H3/b22-20+,23-21+,29-27+. The van der Waals surface area contributed by atoms with Crippen LogP contribution in [0.4, 0.5) is 0 Å². The Bertz CT molecular complexity index is 1020. The first-order valence-corrected chi connectivity index (χ1v) is 23.2. The van der Waals surface area contributed by atoms with Crippen LogP contribution in [0.25, 0.3) is 0 Å². The van der Waals surface area contributed by atoms with Crippen molar-refractivity contribution in [3.8, 4) is 0 Å². The molecule has 9 nitrogen and oxygen atoms in total. The molecular weight excluding hydrogens is 701 g/mol. The van der Waals surface area contributed by atoms with Crippen LogP contribution in [0.1, 0.15) is 181 Å². The minimum absolute atomic E-state index is 0.0381. The fraction of sp³-hybridized carbons (Fsp3) is 0.818. The summed E-state index contributed by atoms with van der Waals surface area (Å²) in [5.74, 6) is -0.882. The minimum Gasteiger partial charge on any atom is -0.756 e. The molecule has 10 heteroatoms. The molecule has 0 aromatic rings. The van der Waals surface area contributed by atoms with Crippen molar-refractivity contribution in [3.63, 3.8) is 0 Å². The van der Waals surface area contributed by atoms with Crippen molar-refractivity contribution >= 4 is 19.8 Å². The van der Waals surface area contributed by atoms with Gasteiger partial charge in [0.15, 0.2) is 6.10 Å². The van der Waals surface area contributed by atoms with Crippen LogP contribution in [0.2, 0.25) is 0 Å². The number of rotatable bonds is 39. The van der Waals surface area contributed by atoms with Crippen LogP contribution in [-0.2, 0) is 32.7 Å². The lowest BCUT2D eigenvalue weighted by Gasteiger charge is -2.28. The Labute approximate surface area is 331 Å². The van der Waals surface area contributed by atoms with E-state index in [1.54, 1.807) is 0 Å². The molecule has 0 bridgehead atoms. The summed E-state index contributed by atoms with van der Waals surface area (Å²) in [5.41, 5.74) is 0. The van der Waals surface area contributed by atoms with Gasteiger partial charge in [0, 0.05) is 12.8 Å². The summed E-state index contributed by atoms with van der Waals surface area (Å²) in [6.07, 6.45) is 40.3. The number of carbonyl (C=O) groups excluding carboxylic acids is 2. The molecule has 0 amide bonds. The van der Waals surface area contributed by atoms with Gasteiger partial charge in [0.05, 0.1) is 27.7 Å². The minimum atomic E-state index is -4.63. The molecule has 0 radical (unpaired) electrons. The number of hydrogen-bond acceptors (Lipinski definition) is 8. The zero-order valence-corrected chi connectivity index (χ0v) is 36.3. The molecule has 0 aliphatic rings. The van der Waals surface area contributed by atoms with Crippen LogP contribution in [0.5, 0.6) is 0 Å². The summed E-state index contributed by atoms with van der Waals surface area (Å²) < 4.78 is 33.8. The van der Waals surface area contributed by atoms with Crippen molar-refractivity contribution in [2.24, 2.45) is 0 Å². The third-order valence-electron chi connectivity index (χ3n) is 9.13. The Morgan fingerprint density at radius 2 is 1.00 bits per heavy atom. The van der Waals surface area contributed by atoms with Gasteiger partial charge in [0.1, 0.15) is 19.8 Å². The second-order valence-corrected chi connectivity index (χ2v) is 17.1. The van der Waals surface area contributed by atoms with Crippen LogP contribution in [0.3, 0.4) is 0 Å². The summed E-state index contributed by atoms with van der Waals surface area (Å²) >= 11 is 0. The second kappa shape index (κ2) is 36.8. The number of quaternary nitrogens is 1. The number of phosphoric acid groups is 1. The molecule has 0 aromatic heterocycles. The van der Waals surface area contributed by atoms with E-state index in [-0.39, 0.29) is 26.1 Å². The van der Waals surface area contributed by atoms with Gasteiger partial charge in [-0.3, -0.25) is 14.2 Å². The molecule has 0 saturated carbocycles. The second-order valence-electron chi connectivity index (χ2n) is 15.7. The highest BCUT2D eigenvalue weighted by atomic mass is 31.2. The average molecular weight is 784 g/mol. The van der Waals surface area contributed by atoms with Gasteiger partial charge in [-0.2, -0.15) is 0 Å². The lowest BCUT2D eigenvalue weighted by atomic mass is 10.1. The molecule has 0 aliphatic carbocycles. The summed E-state index contributed by atoms with van der Waals surface area (Å²) in [4.78, 5) is 37.5. The van der Waals surface area contributed by atoms with Crippen molar-refractivity contribution in [3.05, 3.63) is 36.5 Å². The van der Waals surface area contributed by atoms with Crippen LogP contribution < -0.4 is 4.89 Å². The van der Waals surface area contributed by atoms with Crippen LogP contribution in [0.15, 0.2) is 36.5 Å². The molecule has 2 unspecified atom stereocenters. The number of likely N-dealkylation sites (N-methyl/N-ethyl adjacent to an activating group) is 1. The summed E-state index contributed by atoms with van der Waals surface area (Å²) in [6, 6.07) is 0. The van der Waals surface area contributed by atoms with Crippen molar-refractivity contribution in [2.75, 3.05) is 47.5 Å². The van der Waals surface area contributed by atoms with Crippen molar-refractivity contribution < 1.29 is 42.1 Å². The van der Waals surface area contributed by atoms with E-state index in [1.807, 2.05) is 21.1 Å². The number of allylic oxidation sites excluding steroid dienone is 6. The van der Waals surface area contributed by atoms with Gasteiger partial charge >= 0.3 is 11.9 Å². The first-order valence-electron chi connectivity index (χ1n) is 21.7. The zero-order valence-electron chi connectivity index (χ0n) is 35.4. The summed E-state index contributed by atoms with van der Waals surface area (Å²) in [6.45, 7) is 4.16. The maximum atomic E-state index is 12.6. The normalized spacial score (nSPS) is 14.0. The van der Waals surface area contributed by atoms with Gasteiger partial charge in [-0.25, -0.2) is 0 Å². The van der Waals surface area contributed by atoms with E-state index in [0.29, 0.717) is 23.9 Å². The Kier molecular flexibility index (Phi) is 35.6. The lowest BCUT2D eigenvalue weighted by molar-refractivity contribution is -0.870. The number of esters is 2. The average Bonchev–Trinajstić information content (AvgIpc) is 3.12. The third-order valence-corrected chi connectivity index (χ3v) is 10.1. The van der Waals surface area contributed by atoms with E-state index in [1.165, 1.54) is 83.5 Å². The molecule has 0 heterocycles. The molecule has 54 heavy (non-hydrogen) atoms. The third kappa shape index (κ3) is 39.9. The molecule has 0 saturated heterocycles. The number of phosphoric ester groups is 1. The number of ether oxygens (including phenoxy) is 2. The van der Waals surface area contributed by atoms with Gasteiger partial charge in [-0.1, -0.05) is 134 Å². The smallest absolute Gasteiger partial charge is 0.306 e. The quantitative estimate of drug-likeness (QED) is 0.0199. The molecule has 316 valence electrons. The van der Waals surface area contributed by atoms with Crippen molar-refractivity contribution in [1.29, 1.82) is 0 Å². The summed E-state index contributed by atoms with van der Waals surface area (Å²) in [5, 5.41) is 0. The van der Waals surface area contributed by atoms with Crippen LogP contribution >= 0.6 is 7.82 Å². The predicted octanol–water partition coefficient (Wildman–Crippen LogP) is 11.5. The van der Waals surface area contributed by atoms with Crippen molar-refractivity contribution in [1.82, 2.24) is 0 Å². The SMILES string of the molecule is CCCCCCCC/C=C/C/C=C/CCCCC(=O)OC(COC(=O)CCCCCCC/C=C/CCCCCCCC)COP(=O)([O-])OCC[N+](C)(C)C. The molecule has 0 spiro atoms. The van der Waals surface area contributed by atoms with Gasteiger partial charge in [-0.05, 0) is 70.6 Å². The number of unbranched alkanes of at least 4 members (excludes halogenated alkanes) is 19. The van der Waals surface area contributed by atoms with E-state index in [4.69, 9.17) is 18.5 Å². The predicted molar refractivity (Wildman–Crippen MR) is 222 cm³/mol. The Hall–Kier alpha value is -1.77. The largest absolute Gasteiger partial charge is 0.756 e. The Morgan fingerprint density at radius 3 is 1.52 bits per heavy atom. The number of hydrogen-bond donors (Lipinski definition) is 0. The van der Waals surface area contributed by atoms with Gasteiger partial charge in [-0.15, -0.1) is 0 Å². The van der Waals surface area contributed by atoms with E-state index in [0.717, 1.165) is 57.8 Å². The first-order chi connectivity index (χ1) is 26.0. The molecule has 0 fully saturated rings. The highest BCUT2D eigenvalue weighted by Crippen LogP contribution is 2.38. The fourth-order valence-electron chi connectivity index (χ4n) is 5.68. The topological polar surface area (TPSA) is 111 Å². The van der Waals surface area contributed by atoms with Gasteiger partial charge < -0.3 is 27.9 Å². The molecule has 0 aromatic carbocycles.